The normalized spacial score (nSPS) is 10.8. The van der Waals surface area contributed by atoms with Crippen LogP contribution in [0.4, 0.5) is 26.3 Å². The van der Waals surface area contributed by atoms with Gasteiger partial charge in [0.15, 0.2) is 0 Å². The molecular formula is C12H3BrF6O. The Morgan fingerprint density at radius 3 is 1.70 bits per heavy atom. The summed E-state index contributed by atoms with van der Waals surface area (Å²) in [5, 5.41) is 0. The van der Waals surface area contributed by atoms with Crippen LogP contribution in [0.15, 0.2) is 22.7 Å². The molecule has 0 heterocycles. The van der Waals surface area contributed by atoms with Crippen LogP contribution in [-0.2, 0) is 0 Å². The lowest BCUT2D eigenvalue weighted by atomic mass is 10.2. The van der Waals surface area contributed by atoms with Crippen LogP contribution in [0, 0.1) is 34.9 Å². The van der Waals surface area contributed by atoms with Gasteiger partial charge in [0.1, 0.15) is 11.6 Å². The Kier molecular flexibility index (Phi) is 3.94. The summed E-state index contributed by atoms with van der Waals surface area (Å²) in [6.07, 6.45) is 0. The molecule has 0 unspecified atom stereocenters. The van der Waals surface area contributed by atoms with Crippen LogP contribution in [0.3, 0.4) is 0 Å². The van der Waals surface area contributed by atoms with E-state index < -0.39 is 46.4 Å². The molecule has 106 valence electrons. The predicted octanol–water partition coefficient (Wildman–Crippen LogP) is 5.08. The molecule has 0 atom stereocenters. The Morgan fingerprint density at radius 2 is 1.20 bits per heavy atom. The average molecular weight is 357 g/mol. The van der Waals surface area contributed by atoms with E-state index >= 15 is 0 Å². The fraction of sp³-hybridized carbons (Fsp3) is 0. The highest BCUT2D eigenvalue weighted by molar-refractivity contribution is 9.10. The zero-order chi connectivity index (χ0) is 15.0. The van der Waals surface area contributed by atoms with Gasteiger partial charge < -0.3 is 4.74 Å². The van der Waals surface area contributed by atoms with E-state index in [4.69, 9.17) is 0 Å². The van der Waals surface area contributed by atoms with Crippen molar-refractivity contribution in [2.75, 3.05) is 0 Å². The van der Waals surface area contributed by atoms with Crippen LogP contribution < -0.4 is 4.74 Å². The van der Waals surface area contributed by atoms with Crippen molar-refractivity contribution in [3.05, 3.63) is 57.6 Å². The van der Waals surface area contributed by atoms with Gasteiger partial charge in [0, 0.05) is 10.5 Å². The third kappa shape index (κ3) is 2.60. The first kappa shape index (κ1) is 14.7. The van der Waals surface area contributed by atoms with E-state index in [1.807, 2.05) is 0 Å². The molecule has 2 rings (SSSR count). The van der Waals surface area contributed by atoms with E-state index in [0.717, 1.165) is 18.2 Å². The number of hydrogen-bond acceptors (Lipinski definition) is 1. The van der Waals surface area contributed by atoms with Gasteiger partial charge in [-0.1, -0.05) is 15.9 Å². The second kappa shape index (κ2) is 5.35. The summed E-state index contributed by atoms with van der Waals surface area (Å²) in [6, 6.07) is 2.84. The molecule has 2 aromatic rings. The Hall–Kier alpha value is -1.70. The third-order valence-electron chi connectivity index (χ3n) is 2.23. The predicted molar refractivity (Wildman–Crippen MR) is 60.4 cm³/mol. The quantitative estimate of drug-likeness (QED) is 0.414. The van der Waals surface area contributed by atoms with Crippen molar-refractivity contribution in [1.29, 1.82) is 0 Å². The molecule has 0 aliphatic rings. The standard InChI is InChI=1S/C12H3BrF6O/c13-4-1-5(14)3-6(2-4)20-12-10(18)8(16)7(15)9(17)11(12)19/h1-3H. The molecular weight excluding hydrogens is 354 g/mol. The van der Waals surface area contributed by atoms with Gasteiger partial charge in [-0.25, -0.2) is 17.6 Å². The summed E-state index contributed by atoms with van der Waals surface area (Å²) in [5.41, 5.74) is 0. The summed E-state index contributed by atoms with van der Waals surface area (Å²) < 4.78 is 83.1. The summed E-state index contributed by atoms with van der Waals surface area (Å²) in [6.45, 7) is 0. The molecule has 0 saturated carbocycles. The first-order chi connectivity index (χ1) is 9.31. The van der Waals surface area contributed by atoms with Gasteiger partial charge >= 0.3 is 0 Å². The first-order valence-corrected chi connectivity index (χ1v) is 5.76. The SMILES string of the molecule is Fc1cc(Br)cc(Oc2c(F)c(F)c(F)c(F)c2F)c1. The molecule has 0 amide bonds. The smallest absolute Gasteiger partial charge is 0.207 e. The third-order valence-corrected chi connectivity index (χ3v) is 2.68. The van der Waals surface area contributed by atoms with Gasteiger partial charge in [-0.2, -0.15) is 8.78 Å². The fourth-order valence-corrected chi connectivity index (χ4v) is 1.82. The second-order valence-electron chi connectivity index (χ2n) is 3.61. The molecule has 0 aliphatic carbocycles. The van der Waals surface area contributed by atoms with Crippen LogP contribution in [0.2, 0.25) is 0 Å². The zero-order valence-electron chi connectivity index (χ0n) is 9.29. The van der Waals surface area contributed by atoms with Crippen molar-refractivity contribution in [3.8, 4) is 11.5 Å². The topological polar surface area (TPSA) is 9.23 Å². The highest BCUT2D eigenvalue weighted by Crippen LogP contribution is 2.33. The lowest BCUT2D eigenvalue weighted by Gasteiger charge is -2.10. The molecule has 2 aromatic carbocycles. The highest BCUT2D eigenvalue weighted by Gasteiger charge is 2.27. The molecule has 0 saturated heterocycles. The van der Waals surface area contributed by atoms with E-state index in [-0.39, 0.29) is 4.47 Å². The molecule has 0 aromatic heterocycles. The molecule has 0 N–H and O–H groups in total. The first-order valence-electron chi connectivity index (χ1n) is 4.96. The maximum atomic E-state index is 13.3. The van der Waals surface area contributed by atoms with Crippen molar-refractivity contribution in [3.63, 3.8) is 0 Å². The summed E-state index contributed by atoms with van der Waals surface area (Å²) in [5.74, 6) is -13.6. The zero-order valence-corrected chi connectivity index (χ0v) is 10.9. The van der Waals surface area contributed by atoms with Gasteiger partial charge in [0.2, 0.25) is 34.8 Å². The Bertz CT molecular complexity index is 639. The Labute approximate surface area is 116 Å². The minimum atomic E-state index is -2.30. The molecule has 8 heteroatoms. The second-order valence-corrected chi connectivity index (χ2v) is 4.52. The molecule has 0 fully saturated rings. The summed E-state index contributed by atoms with van der Waals surface area (Å²) in [7, 11) is 0. The molecule has 0 radical (unpaired) electrons. The van der Waals surface area contributed by atoms with Crippen LogP contribution in [-0.4, -0.2) is 0 Å². The molecule has 20 heavy (non-hydrogen) atoms. The van der Waals surface area contributed by atoms with Crippen LogP contribution in [0.1, 0.15) is 0 Å². The van der Waals surface area contributed by atoms with Crippen LogP contribution in [0.25, 0.3) is 0 Å². The summed E-state index contributed by atoms with van der Waals surface area (Å²) in [4.78, 5) is 0. The molecule has 0 bridgehead atoms. The van der Waals surface area contributed by atoms with E-state index in [0.29, 0.717) is 0 Å². The van der Waals surface area contributed by atoms with Gasteiger partial charge in [-0.15, -0.1) is 0 Å². The van der Waals surface area contributed by atoms with E-state index in [2.05, 4.69) is 20.7 Å². The largest absolute Gasteiger partial charge is 0.451 e. The number of hydrogen-bond donors (Lipinski definition) is 0. The monoisotopic (exact) mass is 356 g/mol. The number of halogens is 7. The molecule has 0 aliphatic heterocycles. The van der Waals surface area contributed by atoms with Crippen molar-refractivity contribution in [2.45, 2.75) is 0 Å². The van der Waals surface area contributed by atoms with Crippen LogP contribution >= 0.6 is 15.9 Å². The van der Waals surface area contributed by atoms with Crippen molar-refractivity contribution >= 4 is 15.9 Å². The number of benzene rings is 2. The minimum Gasteiger partial charge on any atom is -0.451 e. The fourth-order valence-electron chi connectivity index (χ4n) is 1.38. The van der Waals surface area contributed by atoms with Gasteiger partial charge in [0.05, 0.1) is 0 Å². The average Bonchev–Trinajstić information content (AvgIpc) is 2.38. The van der Waals surface area contributed by atoms with E-state index in [1.54, 1.807) is 0 Å². The Morgan fingerprint density at radius 1 is 0.700 bits per heavy atom. The molecule has 1 nitrogen and oxygen atoms in total. The number of rotatable bonds is 2. The molecule has 0 spiro atoms. The van der Waals surface area contributed by atoms with Gasteiger partial charge in [0.25, 0.3) is 0 Å². The lowest BCUT2D eigenvalue weighted by Crippen LogP contribution is -2.04. The maximum absolute atomic E-state index is 13.3. The lowest BCUT2D eigenvalue weighted by molar-refractivity contribution is 0.331. The van der Waals surface area contributed by atoms with Crippen molar-refractivity contribution in [1.82, 2.24) is 0 Å². The van der Waals surface area contributed by atoms with E-state index in [1.165, 1.54) is 0 Å². The highest BCUT2D eigenvalue weighted by atomic mass is 79.9. The van der Waals surface area contributed by atoms with Crippen molar-refractivity contribution < 1.29 is 31.1 Å². The Balaban J connectivity index is 2.54. The maximum Gasteiger partial charge on any atom is 0.207 e. The number of ether oxygens (including phenoxy) is 1. The minimum absolute atomic E-state index is 0.163. The van der Waals surface area contributed by atoms with Crippen molar-refractivity contribution in [2.24, 2.45) is 0 Å². The van der Waals surface area contributed by atoms with Crippen LogP contribution in [0.5, 0.6) is 11.5 Å². The van der Waals surface area contributed by atoms with Gasteiger partial charge in [-0.3, -0.25) is 0 Å². The summed E-state index contributed by atoms with van der Waals surface area (Å²) >= 11 is 2.89. The van der Waals surface area contributed by atoms with E-state index in [9.17, 15) is 26.3 Å². The van der Waals surface area contributed by atoms with Gasteiger partial charge in [-0.05, 0) is 12.1 Å².